The molecule has 0 saturated carbocycles. The molecule has 0 spiro atoms. The van der Waals surface area contributed by atoms with Crippen molar-refractivity contribution in [2.75, 3.05) is 20.1 Å². The van der Waals surface area contributed by atoms with Crippen LogP contribution in [-0.4, -0.2) is 36.2 Å². The lowest BCUT2D eigenvalue weighted by atomic mass is 9.85. The van der Waals surface area contributed by atoms with E-state index in [-0.39, 0.29) is 11.5 Å². The molecule has 0 aromatic rings. The summed E-state index contributed by atoms with van der Waals surface area (Å²) in [4.78, 5) is 2.30. The summed E-state index contributed by atoms with van der Waals surface area (Å²) in [5, 5.41) is 9.71. The van der Waals surface area contributed by atoms with E-state index in [4.69, 9.17) is 0 Å². The van der Waals surface area contributed by atoms with Crippen LogP contribution in [0.4, 0.5) is 0 Å². The molecule has 1 fully saturated rings. The van der Waals surface area contributed by atoms with Crippen molar-refractivity contribution < 1.29 is 5.11 Å². The second-order valence-corrected chi connectivity index (χ2v) is 4.38. The minimum Gasteiger partial charge on any atom is -0.393 e. The third-order valence-corrected chi connectivity index (χ3v) is 2.60. The summed E-state index contributed by atoms with van der Waals surface area (Å²) in [5.41, 5.74) is 0.0747. The first-order chi connectivity index (χ1) is 5.02. The van der Waals surface area contributed by atoms with Crippen molar-refractivity contribution in [2.45, 2.75) is 32.8 Å². The van der Waals surface area contributed by atoms with E-state index in [9.17, 15) is 5.11 Å². The van der Waals surface area contributed by atoms with Crippen molar-refractivity contribution in [3.63, 3.8) is 0 Å². The van der Waals surface area contributed by atoms with Gasteiger partial charge in [0.2, 0.25) is 0 Å². The standard InChI is InChI=1S/C9H19NO/c1-9(2)7-10(3)6-4-5-8(9)11/h8,11H,4-7H2,1-3H3. The zero-order chi connectivity index (χ0) is 8.48. The Morgan fingerprint density at radius 2 is 2.09 bits per heavy atom. The number of aliphatic hydroxyl groups excluding tert-OH is 1. The van der Waals surface area contributed by atoms with Crippen LogP contribution in [-0.2, 0) is 0 Å². The molecule has 0 bridgehead atoms. The molecule has 2 heteroatoms. The molecule has 1 N–H and O–H groups in total. The fourth-order valence-corrected chi connectivity index (χ4v) is 1.83. The maximum Gasteiger partial charge on any atom is 0.0603 e. The zero-order valence-electron chi connectivity index (χ0n) is 7.80. The van der Waals surface area contributed by atoms with E-state index in [1.165, 1.54) is 0 Å². The monoisotopic (exact) mass is 157 g/mol. The van der Waals surface area contributed by atoms with E-state index in [1.54, 1.807) is 0 Å². The first kappa shape index (κ1) is 9.01. The van der Waals surface area contributed by atoms with Gasteiger partial charge in [0.1, 0.15) is 0 Å². The average Bonchev–Trinajstić information content (AvgIpc) is 1.93. The average molecular weight is 157 g/mol. The summed E-state index contributed by atoms with van der Waals surface area (Å²) in [6.07, 6.45) is 1.96. The number of nitrogens with zero attached hydrogens (tertiary/aromatic N) is 1. The van der Waals surface area contributed by atoms with Gasteiger partial charge in [-0.15, -0.1) is 0 Å². The molecule has 1 aliphatic heterocycles. The Labute approximate surface area is 69.2 Å². The van der Waals surface area contributed by atoms with E-state index in [0.717, 1.165) is 25.9 Å². The van der Waals surface area contributed by atoms with Gasteiger partial charge in [-0.3, -0.25) is 0 Å². The topological polar surface area (TPSA) is 23.5 Å². The predicted molar refractivity (Wildman–Crippen MR) is 46.5 cm³/mol. The maximum atomic E-state index is 9.71. The van der Waals surface area contributed by atoms with Crippen LogP contribution in [0.5, 0.6) is 0 Å². The quantitative estimate of drug-likeness (QED) is 0.569. The van der Waals surface area contributed by atoms with Crippen LogP contribution in [0, 0.1) is 5.41 Å². The molecule has 1 aliphatic rings. The minimum absolute atomic E-state index is 0.0747. The van der Waals surface area contributed by atoms with Gasteiger partial charge in [0.05, 0.1) is 6.10 Å². The molecular formula is C9H19NO. The van der Waals surface area contributed by atoms with Crippen molar-refractivity contribution in [2.24, 2.45) is 5.41 Å². The normalized spacial score (nSPS) is 33.3. The van der Waals surface area contributed by atoms with Crippen molar-refractivity contribution in [1.82, 2.24) is 4.90 Å². The molecule has 1 rings (SSSR count). The van der Waals surface area contributed by atoms with Gasteiger partial charge in [-0.2, -0.15) is 0 Å². The van der Waals surface area contributed by atoms with Crippen molar-refractivity contribution in [1.29, 1.82) is 0 Å². The van der Waals surface area contributed by atoms with Crippen LogP contribution >= 0.6 is 0 Å². The minimum atomic E-state index is -0.118. The maximum absolute atomic E-state index is 9.71. The third-order valence-electron chi connectivity index (χ3n) is 2.60. The number of hydrogen-bond acceptors (Lipinski definition) is 2. The SMILES string of the molecule is CN1CCCC(O)C(C)(C)C1. The summed E-state index contributed by atoms with van der Waals surface area (Å²) in [6.45, 7) is 6.41. The van der Waals surface area contributed by atoms with Crippen LogP contribution < -0.4 is 0 Å². The van der Waals surface area contributed by atoms with Crippen molar-refractivity contribution in [3.05, 3.63) is 0 Å². The molecule has 66 valence electrons. The van der Waals surface area contributed by atoms with Gasteiger partial charge in [-0.1, -0.05) is 13.8 Å². The van der Waals surface area contributed by atoms with E-state index in [1.807, 2.05) is 0 Å². The van der Waals surface area contributed by atoms with Crippen molar-refractivity contribution >= 4 is 0 Å². The van der Waals surface area contributed by atoms with Gasteiger partial charge in [0.15, 0.2) is 0 Å². The Balaban J connectivity index is 2.60. The van der Waals surface area contributed by atoms with Crippen LogP contribution in [0.1, 0.15) is 26.7 Å². The number of likely N-dealkylation sites (tertiary alicyclic amines) is 1. The molecule has 0 aromatic heterocycles. The van der Waals surface area contributed by atoms with Crippen LogP contribution in [0.25, 0.3) is 0 Å². The van der Waals surface area contributed by atoms with Crippen LogP contribution in [0.3, 0.4) is 0 Å². The second-order valence-electron chi connectivity index (χ2n) is 4.38. The summed E-state index contributed by atoms with van der Waals surface area (Å²) in [6, 6.07) is 0. The summed E-state index contributed by atoms with van der Waals surface area (Å²) in [5.74, 6) is 0. The van der Waals surface area contributed by atoms with Gasteiger partial charge in [-0.25, -0.2) is 0 Å². The van der Waals surface area contributed by atoms with Gasteiger partial charge in [0.25, 0.3) is 0 Å². The molecule has 0 radical (unpaired) electrons. The zero-order valence-corrected chi connectivity index (χ0v) is 7.80. The third kappa shape index (κ3) is 2.17. The Bertz CT molecular complexity index is 134. The first-order valence-electron chi connectivity index (χ1n) is 4.39. The Morgan fingerprint density at radius 1 is 1.45 bits per heavy atom. The largest absolute Gasteiger partial charge is 0.393 e. The fraction of sp³-hybridized carbons (Fsp3) is 1.00. The summed E-state index contributed by atoms with van der Waals surface area (Å²) < 4.78 is 0. The highest BCUT2D eigenvalue weighted by molar-refractivity contribution is 4.83. The predicted octanol–water partition coefficient (Wildman–Crippen LogP) is 1.10. The van der Waals surface area contributed by atoms with Gasteiger partial charge in [-0.05, 0) is 26.4 Å². The number of hydrogen-bond donors (Lipinski definition) is 1. The molecule has 0 amide bonds. The van der Waals surface area contributed by atoms with E-state index < -0.39 is 0 Å². The highest BCUT2D eigenvalue weighted by atomic mass is 16.3. The van der Waals surface area contributed by atoms with E-state index in [0.29, 0.717) is 0 Å². The molecule has 1 unspecified atom stereocenters. The summed E-state index contributed by atoms with van der Waals surface area (Å²) in [7, 11) is 2.12. The summed E-state index contributed by atoms with van der Waals surface area (Å²) >= 11 is 0. The highest BCUT2D eigenvalue weighted by Gasteiger charge is 2.30. The molecule has 2 nitrogen and oxygen atoms in total. The fourth-order valence-electron chi connectivity index (χ4n) is 1.83. The van der Waals surface area contributed by atoms with Crippen LogP contribution in [0.15, 0.2) is 0 Å². The highest BCUT2D eigenvalue weighted by Crippen LogP contribution is 2.27. The lowest BCUT2D eigenvalue weighted by Gasteiger charge is -2.30. The second kappa shape index (κ2) is 3.11. The van der Waals surface area contributed by atoms with E-state index in [2.05, 4.69) is 25.8 Å². The smallest absolute Gasteiger partial charge is 0.0603 e. The number of aliphatic hydroxyl groups is 1. The molecular weight excluding hydrogens is 138 g/mol. The van der Waals surface area contributed by atoms with Crippen LogP contribution in [0.2, 0.25) is 0 Å². The number of rotatable bonds is 0. The molecule has 0 aromatic carbocycles. The molecule has 1 saturated heterocycles. The lowest BCUT2D eigenvalue weighted by molar-refractivity contribution is 0.0396. The van der Waals surface area contributed by atoms with Gasteiger partial charge >= 0.3 is 0 Å². The molecule has 1 atom stereocenters. The molecule has 1 heterocycles. The van der Waals surface area contributed by atoms with Gasteiger partial charge < -0.3 is 10.0 Å². The Morgan fingerprint density at radius 3 is 2.73 bits per heavy atom. The Hall–Kier alpha value is -0.0800. The van der Waals surface area contributed by atoms with E-state index >= 15 is 0 Å². The first-order valence-corrected chi connectivity index (χ1v) is 4.39. The Kier molecular flexibility index (Phi) is 2.55. The lowest BCUT2D eigenvalue weighted by Crippen LogP contribution is -2.36. The molecule has 11 heavy (non-hydrogen) atoms. The van der Waals surface area contributed by atoms with Crippen molar-refractivity contribution in [3.8, 4) is 0 Å². The van der Waals surface area contributed by atoms with Gasteiger partial charge in [0, 0.05) is 12.0 Å². The molecule has 0 aliphatic carbocycles.